The van der Waals surface area contributed by atoms with Crippen molar-refractivity contribution in [3.05, 3.63) is 28.6 Å². The van der Waals surface area contributed by atoms with Crippen molar-refractivity contribution in [1.29, 1.82) is 0 Å². The number of ether oxygens (including phenoxy) is 3. The van der Waals surface area contributed by atoms with E-state index in [4.69, 9.17) is 18.6 Å². The minimum Gasteiger partial charge on any atom is -0.499 e. The number of unbranched alkanes of at least 4 members (excludes halogenated alkanes) is 1. The molecule has 1 fully saturated rings. The molecule has 1 aliphatic heterocycles. The van der Waals surface area contributed by atoms with Gasteiger partial charge in [0.15, 0.2) is 5.75 Å². The summed E-state index contributed by atoms with van der Waals surface area (Å²) in [5.41, 5.74) is -1.01. The predicted molar refractivity (Wildman–Crippen MR) is 98.9 cm³/mol. The molecule has 0 bridgehead atoms. The number of aliphatic hydroxyl groups excluding tert-OH is 4. The van der Waals surface area contributed by atoms with E-state index in [0.29, 0.717) is 12.4 Å². The monoisotopic (exact) mass is 412 g/mol. The van der Waals surface area contributed by atoms with Gasteiger partial charge in [-0.2, -0.15) is 0 Å². The number of aromatic hydroxyl groups is 1. The minimum absolute atomic E-state index is 0.0707. The molecule has 29 heavy (non-hydrogen) atoms. The van der Waals surface area contributed by atoms with Crippen molar-refractivity contribution in [3.8, 4) is 17.2 Å². The summed E-state index contributed by atoms with van der Waals surface area (Å²) in [5, 5.41) is 49.5. The van der Waals surface area contributed by atoms with E-state index in [1.54, 1.807) is 6.07 Å². The lowest BCUT2D eigenvalue weighted by molar-refractivity contribution is -0.277. The third-order valence-corrected chi connectivity index (χ3v) is 4.66. The van der Waals surface area contributed by atoms with Crippen LogP contribution < -0.4 is 15.1 Å². The average molecular weight is 412 g/mol. The van der Waals surface area contributed by atoms with Crippen LogP contribution in [0.2, 0.25) is 0 Å². The molecule has 0 unspecified atom stereocenters. The van der Waals surface area contributed by atoms with Crippen molar-refractivity contribution >= 4 is 11.0 Å². The zero-order chi connectivity index (χ0) is 21.1. The fourth-order valence-corrected chi connectivity index (χ4v) is 2.97. The summed E-state index contributed by atoms with van der Waals surface area (Å²) in [7, 11) is 0. The lowest BCUT2D eigenvalue weighted by atomic mass is 9.99. The zero-order valence-corrected chi connectivity index (χ0v) is 15.7. The Labute approximate surface area is 165 Å². The molecule has 1 saturated heterocycles. The van der Waals surface area contributed by atoms with Gasteiger partial charge in [0.25, 0.3) is 0 Å². The Balaban J connectivity index is 1.93. The van der Waals surface area contributed by atoms with Gasteiger partial charge in [0.05, 0.1) is 18.6 Å². The van der Waals surface area contributed by atoms with E-state index >= 15 is 0 Å². The van der Waals surface area contributed by atoms with Crippen LogP contribution in [-0.4, -0.2) is 69.5 Å². The number of fused-ring (bicyclic) bond motifs is 1. The smallest absolute Gasteiger partial charge is 0.382 e. The second kappa shape index (κ2) is 8.97. The lowest BCUT2D eigenvalue weighted by Gasteiger charge is -2.39. The Kier molecular flexibility index (Phi) is 6.60. The summed E-state index contributed by atoms with van der Waals surface area (Å²) in [6, 6.07) is 4.56. The first-order valence-electron chi connectivity index (χ1n) is 9.27. The highest BCUT2D eigenvalue weighted by Gasteiger charge is 2.45. The van der Waals surface area contributed by atoms with Crippen LogP contribution in [0.15, 0.2) is 27.4 Å². The van der Waals surface area contributed by atoms with Gasteiger partial charge in [0, 0.05) is 6.07 Å². The van der Waals surface area contributed by atoms with Gasteiger partial charge in [-0.05, 0) is 18.6 Å². The fourth-order valence-electron chi connectivity index (χ4n) is 2.97. The topological polar surface area (TPSA) is 159 Å². The van der Waals surface area contributed by atoms with Crippen LogP contribution in [0.3, 0.4) is 0 Å². The van der Waals surface area contributed by atoms with Crippen LogP contribution in [0, 0.1) is 0 Å². The summed E-state index contributed by atoms with van der Waals surface area (Å²) in [6.07, 6.45) is -5.91. The molecule has 3 rings (SSSR count). The molecule has 2 aromatic rings. The maximum atomic E-state index is 12.0. The third-order valence-electron chi connectivity index (χ3n) is 4.66. The number of hydrogen-bond acceptors (Lipinski definition) is 10. The zero-order valence-electron chi connectivity index (χ0n) is 15.7. The van der Waals surface area contributed by atoms with Crippen LogP contribution in [0.5, 0.6) is 17.2 Å². The molecule has 160 valence electrons. The summed E-state index contributed by atoms with van der Waals surface area (Å²) in [4.78, 5) is 12.0. The first kappa shape index (κ1) is 21.3. The van der Waals surface area contributed by atoms with Gasteiger partial charge < -0.3 is 44.2 Å². The van der Waals surface area contributed by atoms with Gasteiger partial charge in [-0.15, -0.1) is 0 Å². The van der Waals surface area contributed by atoms with E-state index in [1.165, 1.54) is 12.1 Å². The summed E-state index contributed by atoms with van der Waals surface area (Å²) in [6.45, 7) is 1.86. The predicted octanol–water partition coefficient (Wildman–Crippen LogP) is -0.144. The van der Waals surface area contributed by atoms with Crippen LogP contribution >= 0.6 is 0 Å². The second-order valence-electron chi connectivity index (χ2n) is 6.74. The van der Waals surface area contributed by atoms with E-state index in [-0.39, 0.29) is 16.7 Å². The third kappa shape index (κ3) is 4.31. The molecule has 2 heterocycles. The van der Waals surface area contributed by atoms with Crippen LogP contribution in [0.25, 0.3) is 11.0 Å². The first-order valence-corrected chi connectivity index (χ1v) is 9.27. The molecule has 0 saturated carbocycles. The normalized spacial score (nSPS) is 27.1. The van der Waals surface area contributed by atoms with Crippen molar-refractivity contribution in [3.63, 3.8) is 0 Å². The van der Waals surface area contributed by atoms with Crippen molar-refractivity contribution < 1.29 is 44.2 Å². The summed E-state index contributed by atoms with van der Waals surface area (Å²) < 4.78 is 21.4. The van der Waals surface area contributed by atoms with E-state index in [0.717, 1.165) is 12.8 Å². The van der Waals surface area contributed by atoms with Gasteiger partial charge in [0.2, 0.25) is 12.0 Å². The van der Waals surface area contributed by atoms with Crippen molar-refractivity contribution in [2.45, 2.75) is 50.5 Å². The molecule has 1 aromatic carbocycles. The van der Waals surface area contributed by atoms with Crippen molar-refractivity contribution in [2.75, 3.05) is 13.2 Å². The summed E-state index contributed by atoms with van der Waals surface area (Å²) >= 11 is 0. The molecule has 0 amide bonds. The molecule has 0 spiro atoms. The van der Waals surface area contributed by atoms with Gasteiger partial charge in [-0.1, -0.05) is 13.3 Å². The number of benzene rings is 1. The fraction of sp³-hybridized carbons (Fsp3) is 0.526. The molecule has 5 N–H and O–H groups in total. The Bertz CT molecular complexity index is 892. The van der Waals surface area contributed by atoms with Crippen LogP contribution in [0.1, 0.15) is 19.8 Å². The molecule has 10 heteroatoms. The molecule has 1 aliphatic rings. The van der Waals surface area contributed by atoms with Gasteiger partial charge in [-0.25, -0.2) is 4.79 Å². The molecular weight excluding hydrogens is 388 g/mol. The minimum atomic E-state index is -1.70. The number of aliphatic hydroxyl groups is 4. The van der Waals surface area contributed by atoms with E-state index in [9.17, 15) is 30.3 Å². The van der Waals surface area contributed by atoms with E-state index < -0.39 is 48.7 Å². The first-order chi connectivity index (χ1) is 13.9. The Morgan fingerprint density at radius 2 is 1.90 bits per heavy atom. The maximum Gasteiger partial charge on any atom is 0.382 e. The van der Waals surface area contributed by atoms with E-state index in [1.807, 2.05) is 6.92 Å². The number of hydrogen-bond donors (Lipinski definition) is 5. The molecule has 0 aliphatic carbocycles. The highest BCUT2D eigenvalue weighted by atomic mass is 16.7. The van der Waals surface area contributed by atoms with Crippen molar-refractivity contribution in [1.82, 2.24) is 0 Å². The highest BCUT2D eigenvalue weighted by Crippen LogP contribution is 2.36. The second-order valence-corrected chi connectivity index (χ2v) is 6.74. The molecule has 0 radical (unpaired) electrons. The maximum absolute atomic E-state index is 12.0. The van der Waals surface area contributed by atoms with E-state index in [2.05, 4.69) is 0 Å². The molecule has 10 nitrogen and oxygen atoms in total. The lowest BCUT2D eigenvalue weighted by Crippen LogP contribution is -2.60. The largest absolute Gasteiger partial charge is 0.499 e. The SMILES string of the molecule is CCCCOc1ccc2c(O[C@@H]3O[C@H](CO)[C@@H](O)[C@H](O)[C@@H]3O)c(O)c(=O)oc2c1. The van der Waals surface area contributed by atoms with Gasteiger partial charge >= 0.3 is 5.63 Å². The molecular formula is C19H24O10. The van der Waals surface area contributed by atoms with Gasteiger partial charge in [0.1, 0.15) is 35.7 Å². The summed E-state index contributed by atoms with van der Waals surface area (Å²) in [5.74, 6) is -0.728. The molecule has 1 aromatic heterocycles. The molecule has 5 atom stereocenters. The Morgan fingerprint density at radius 1 is 1.14 bits per heavy atom. The quantitative estimate of drug-likeness (QED) is 0.306. The number of rotatable bonds is 7. The van der Waals surface area contributed by atoms with Gasteiger partial charge in [-0.3, -0.25) is 0 Å². The Morgan fingerprint density at radius 3 is 2.59 bits per heavy atom. The van der Waals surface area contributed by atoms with Crippen LogP contribution in [-0.2, 0) is 4.74 Å². The van der Waals surface area contributed by atoms with Crippen molar-refractivity contribution in [2.24, 2.45) is 0 Å². The average Bonchev–Trinajstić information content (AvgIpc) is 2.71. The highest BCUT2D eigenvalue weighted by molar-refractivity contribution is 5.86. The van der Waals surface area contributed by atoms with Crippen LogP contribution in [0.4, 0.5) is 0 Å². The Hall–Kier alpha value is -2.37. The standard InChI is InChI=1S/C19H24O10/c1-2-3-6-26-9-4-5-10-11(7-9)27-18(25)16(24)17(10)29-19-15(23)14(22)13(21)12(8-20)28-19/h4-5,7,12-15,19-24H,2-3,6,8H2,1H3/t12-,13-,14+,15+,19+/m1/s1.